The second-order valence-corrected chi connectivity index (χ2v) is 5.91. The van der Waals surface area contributed by atoms with Crippen LogP contribution in [-0.4, -0.2) is 11.5 Å². The van der Waals surface area contributed by atoms with Crippen LogP contribution in [0.5, 0.6) is 0 Å². The van der Waals surface area contributed by atoms with Crippen LogP contribution in [0.4, 0.5) is 0 Å². The van der Waals surface area contributed by atoms with Gasteiger partial charge in [-0.05, 0) is 63.8 Å². The van der Waals surface area contributed by atoms with Gasteiger partial charge in [0.05, 0.1) is 6.04 Å². The fourth-order valence-corrected chi connectivity index (χ4v) is 3.18. The zero-order valence-corrected chi connectivity index (χ0v) is 13.2. The average molecular weight is 272 g/mol. The Labute approximate surface area is 123 Å². The molecule has 1 heterocycles. The molecule has 0 saturated carbocycles. The Hall–Kier alpha value is -1.15. The average Bonchev–Trinajstić information content (AvgIpc) is 2.35. The highest BCUT2D eigenvalue weighted by Crippen LogP contribution is 2.29. The summed E-state index contributed by atoms with van der Waals surface area (Å²) in [5.41, 5.74) is 5.20. The standard InChI is InChI=1S/C18H28N2/c1-4-19-18(16-10-8-6-5-7-9-11-16)17-12-14(2)20-15(3)13-17/h10,12-13,18-19H,4-9,11H2,1-3H3/b16-10+. The molecule has 0 aliphatic heterocycles. The number of rotatable bonds is 4. The lowest BCUT2D eigenvalue weighted by Gasteiger charge is -2.24. The van der Waals surface area contributed by atoms with Crippen LogP contribution in [-0.2, 0) is 0 Å². The normalized spacial score (nSPS) is 20.6. The Morgan fingerprint density at radius 2 is 1.80 bits per heavy atom. The summed E-state index contributed by atoms with van der Waals surface area (Å²) in [6.07, 6.45) is 10.4. The second-order valence-electron chi connectivity index (χ2n) is 5.91. The third-order valence-corrected chi connectivity index (χ3v) is 4.04. The summed E-state index contributed by atoms with van der Waals surface area (Å²) in [6, 6.07) is 4.85. The number of hydrogen-bond acceptors (Lipinski definition) is 2. The number of aromatic nitrogens is 1. The van der Waals surface area contributed by atoms with Crippen LogP contribution in [0.15, 0.2) is 23.8 Å². The van der Waals surface area contributed by atoms with E-state index in [1.807, 2.05) is 0 Å². The number of nitrogens with one attached hydrogen (secondary N) is 1. The van der Waals surface area contributed by atoms with Gasteiger partial charge >= 0.3 is 0 Å². The van der Waals surface area contributed by atoms with Crippen molar-refractivity contribution in [1.29, 1.82) is 0 Å². The van der Waals surface area contributed by atoms with Crippen molar-refractivity contribution in [2.24, 2.45) is 0 Å². The van der Waals surface area contributed by atoms with Gasteiger partial charge in [0.25, 0.3) is 0 Å². The first-order valence-corrected chi connectivity index (χ1v) is 8.08. The van der Waals surface area contributed by atoms with Gasteiger partial charge in [0, 0.05) is 11.4 Å². The topological polar surface area (TPSA) is 24.9 Å². The molecule has 1 aromatic heterocycles. The van der Waals surface area contributed by atoms with Crippen LogP contribution < -0.4 is 5.32 Å². The lowest BCUT2D eigenvalue weighted by atomic mass is 9.90. The van der Waals surface area contributed by atoms with Gasteiger partial charge in [0.2, 0.25) is 0 Å². The first kappa shape index (κ1) is 15.2. The Balaban J connectivity index is 2.28. The summed E-state index contributed by atoms with van der Waals surface area (Å²) in [7, 11) is 0. The van der Waals surface area contributed by atoms with E-state index >= 15 is 0 Å². The molecule has 0 amide bonds. The maximum Gasteiger partial charge on any atom is 0.0537 e. The van der Waals surface area contributed by atoms with Crippen LogP contribution in [0.25, 0.3) is 0 Å². The molecule has 0 radical (unpaired) electrons. The predicted molar refractivity (Wildman–Crippen MR) is 85.9 cm³/mol. The molecule has 110 valence electrons. The molecular formula is C18H28N2. The maximum atomic E-state index is 4.51. The Morgan fingerprint density at radius 1 is 1.10 bits per heavy atom. The van der Waals surface area contributed by atoms with Crippen molar-refractivity contribution in [3.63, 3.8) is 0 Å². The van der Waals surface area contributed by atoms with Gasteiger partial charge in [0.1, 0.15) is 0 Å². The van der Waals surface area contributed by atoms with Crippen molar-refractivity contribution in [1.82, 2.24) is 10.3 Å². The molecule has 1 atom stereocenters. The van der Waals surface area contributed by atoms with Gasteiger partial charge in [-0.15, -0.1) is 0 Å². The maximum absolute atomic E-state index is 4.51. The molecule has 1 aromatic rings. The van der Waals surface area contributed by atoms with E-state index in [4.69, 9.17) is 0 Å². The van der Waals surface area contributed by atoms with E-state index in [1.165, 1.54) is 44.1 Å². The quantitative estimate of drug-likeness (QED) is 0.808. The van der Waals surface area contributed by atoms with Crippen LogP contribution in [0.2, 0.25) is 0 Å². The van der Waals surface area contributed by atoms with Gasteiger partial charge in [0.15, 0.2) is 0 Å². The molecule has 0 saturated heterocycles. The monoisotopic (exact) mass is 272 g/mol. The minimum absolute atomic E-state index is 0.374. The zero-order valence-electron chi connectivity index (χ0n) is 13.2. The van der Waals surface area contributed by atoms with E-state index in [2.05, 4.69) is 49.3 Å². The van der Waals surface area contributed by atoms with Gasteiger partial charge in [-0.25, -0.2) is 0 Å². The number of allylic oxidation sites excluding steroid dienone is 1. The second kappa shape index (κ2) is 7.58. The van der Waals surface area contributed by atoms with E-state index in [1.54, 1.807) is 5.57 Å². The Bertz CT molecular complexity index is 442. The lowest BCUT2D eigenvalue weighted by molar-refractivity contribution is 0.553. The molecule has 0 aromatic carbocycles. The molecule has 2 rings (SSSR count). The first-order chi connectivity index (χ1) is 9.70. The fourth-order valence-electron chi connectivity index (χ4n) is 3.18. The number of pyridine rings is 1. The zero-order chi connectivity index (χ0) is 14.4. The minimum atomic E-state index is 0.374. The van der Waals surface area contributed by atoms with E-state index in [-0.39, 0.29) is 0 Å². The molecule has 1 unspecified atom stereocenters. The Kier molecular flexibility index (Phi) is 5.78. The molecule has 0 bridgehead atoms. The number of nitrogens with zero attached hydrogens (tertiary/aromatic N) is 1. The van der Waals surface area contributed by atoms with Gasteiger partial charge < -0.3 is 5.32 Å². The number of aryl methyl sites for hydroxylation is 2. The van der Waals surface area contributed by atoms with Crippen LogP contribution in [0.3, 0.4) is 0 Å². The molecule has 0 spiro atoms. The summed E-state index contributed by atoms with van der Waals surface area (Å²) in [5, 5.41) is 3.68. The summed E-state index contributed by atoms with van der Waals surface area (Å²) >= 11 is 0. The number of likely N-dealkylation sites (N-methyl/N-ethyl adjacent to an activating group) is 1. The van der Waals surface area contributed by atoms with Crippen molar-refractivity contribution >= 4 is 0 Å². The third-order valence-electron chi connectivity index (χ3n) is 4.04. The molecule has 0 fully saturated rings. The smallest absolute Gasteiger partial charge is 0.0537 e. The highest BCUT2D eigenvalue weighted by molar-refractivity contribution is 5.31. The highest BCUT2D eigenvalue weighted by atomic mass is 14.9. The van der Waals surface area contributed by atoms with Crippen molar-refractivity contribution in [3.8, 4) is 0 Å². The Morgan fingerprint density at radius 3 is 2.50 bits per heavy atom. The number of hydrogen-bond donors (Lipinski definition) is 1. The minimum Gasteiger partial charge on any atom is -0.307 e. The van der Waals surface area contributed by atoms with E-state index in [0.29, 0.717) is 6.04 Å². The van der Waals surface area contributed by atoms with Crippen molar-refractivity contribution in [2.45, 2.75) is 65.3 Å². The van der Waals surface area contributed by atoms with Crippen molar-refractivity contribution < 1.29 is 0 Å². The van der Waals surface area contributed by atoms with Gasteiger partial charge in [-0.1, -0.05) is 31.4 Å². The van der Waals surface area contributed by atoms with E-state index in [9.17, 15) is 0 Å². The molecule has 2 nitrogen and oxygen atoms in total. The van der Waals surface area contributed by atoms with Gasteiger partial charge in [-0.3, -0.25) is 4.98 Å². The fraction of sp³-hybridized carbons (Fsp3) is 0.611. The first-order valence-electron chi connectivity index (χ1n) is 8.08. The largest absolute Gasteiger partial charge is 0.307 e. The summed E-state index contributed by atoms with van der Waals surface area (Å²) in [6.45, 7) is 7.37. The predicted octanol–water partition coefficient (Wildman–Crippen LogP) is 4.63. The molecule has 1 aliphatic rings. The van der Waals surface area contributed by atoms with Crippen molar-refractivity contribution in [2.75, 3.05) is 6.54 Å². The van der Waals surface area contributed by atoms with Crippen LogP contribution >= 0.6 is 0 Å². The third kappa shape index (κ3) is 4.17. The molecule has 20 heavy (non-hydrogen) atoms. The summed E-state index contributed by atoms with van der Waals surface area (Å²) in [4.78, 5) is 4.51. The highest BCUT2D eigenvalue weighted by Gasteiger charge is 2.17. The molecular weight excluding hydrogens is 244 g/mol. The molecule has 2 heteroatoms. The lowest BCUT2D eigenvalue weighted by Crippen LogP contribution is -2.23. The van der Waals surface area contributed by atoms with Crippen molar-refractivity contribution in [3.05, 3.63) is 40.7 Å². The van der Waals surface area contributed by atoms with Crippen LogP contribution in [0, 0.1) is 13.8 Å². The SMILES string of the molecule is CCNC(/C1=C/CCCCCC1)c1cc(C)nc(C)c1. The molecule has 1 aliphatic carbocycles. The van der Waals surface area contributed by atoms with Gasteiger partial charge in [-0.2, -0.15) is 0 Å². The van der Waals surface area contributed by atoms with E-state index < -0.39 is 0 Å². The summed E-state index contributed by atoms with van der Waals surface area (Å²) < 4.78 is 0. The summed E-state index contributed by atoms with van der Waals surface area (Å²) in [5.74, 6) is 0. The van der Waals surface area contributed by atoms with E-state index in [0.717, 1.165) is 17.9 Å². The van der Waals surface area contributed by atoms with Crippen LogP contribution in [0.1, 0.15) is 68.4 Å². The molecule has 1 N–H and O–H groups in total.